The number of hydrogen-bond acceptors (Lipinski definition) is 4. The Morgan fingerprint density at radius 1 is 1.36 bits per heavy atom. The minimum Gasteiger partial charge on any atom is -0.357 e. The molecule has 2 aromatic heterocycles. The van der Waals surface area contributed by atoms with Crippen molar-refractivity contribution in [3.63, 3.8) is 0 Å². The summed E-state index contributed by atoms with van der Waals surface area (Å²) < 4.78 is 1.64. The molecule has 0 spiro atoms. The number of pyridine rings is 1. The Balaban J connectivity index is 1.45. The maximum Gasteiger partial charge on any atom is 0.254 e. The van der Waals surface area contributed by atoms with Gasteiger partial charge in [-0.15, -0.1) is 0 Å². The lowest BCUT2D eigenvalue weighted by Gasteiger charge is -2.32. The number of aryl methyl sites for hydroxylation is 1. The third-order valence-electron chi connectivity index (χ3n) is 4.11. The fourth-order valence-corrected chi connectivity index (χ4v) is 2.78. The molecule has 116 valence electrons. The summed E-state index contributed by atoms with van der Waals surface area (Å²) in [7, 11) is 1.81. The molecule has 22 heavy (non-hydrogen) atoms. The molecule has 1 amide bonds. The highest BCUT2D eigenvalue weighted by molar-refractivity contribution is 5.93. The molecule has 0 saturated carbocycles. The Labute approximate surface area is 130 Å². The lowest BCUT2D eigenvalue weighted by atomic mass is 9.96. The van der Waals surface area contributed by atoms with Gasteiger partial charge in [-0.3, -0.25) is 9.48 Å². The topological polar surface area (TPSA) is 63.1 Å². The van der Waals surface area contributed by atoms with Crippen molar-refractivity contribution in [2.75, 3.05) is 24.5 Å². The van der Waals surface area contributed by atoms with E-state index in [0.29, 0.717) is 11.5 Å². The summed E-state index contributed by atoms with van der Waals surface area (Å²) in [4.78, 5) is 18.7. The van der Waals surface area contributed by atoms with Crippen LogP contribution in [0.3, 0.4) is 0 Å². The van der Waals surface area contributed by atoms with Crippen LogP contribution in [0, 0.1) is 5.92 Å². The standard InChI is InChI=1S/C16H21N5O/c1-20-12-14(11-19-20)16(22)18-10-13-5-8-21(9-6-13)15-4-2-3-7-17-15/h2-4,7,11-13H,5-6,8-10H2,1H3,(H,18,22). The molecule has 0 atom stereocenters. The molecule has 2 aromatic rings. The van der Waals surface area contributed by atoms with Crippen molar-refractivity contribution in [3.05, 3.63) is 42.4 Å². The highest BCUT2D eigenvalue weighted by Gasteiger charge is 2.20. The molecule has 1 fully saturated rings. The Bertz CT molecular complexity index is 616. The lowest BCUT2D eigenvalue weighted by Crippen LogP contribution is -2.39. The van der Waals surface area contributed by atoms with Crippen LogP contribution in [0.5, 0.6) is 0 Å². The Kier molecular flexibility index (Phi) is 4.37. The summed E-state index contributed by atoms with van der Waals surface area (Å²) >= 11 is 0. The summed E-state index contributed by atoms with van der Waals surface area (Å²) in [5.41, 5.74) is 0.619. The maximum atomic E-state index is 12.0. The van der Waals surface area contributed by atoms with E-state index in [1.54, 1.807) is 17.1 Å². The first-order valence-electron chi connectivity index (χ1n) is 7.65. The maximum absolute atomic E-state index is 12.0. The van der Waals surface area contributed by atoms with E-state index in [0.717, 1.165) is 38.3 Å². The molecule has 0 unspecified atom stereocenters. The van der Waals surface area contributed by atoms with Gasteiger partial charge in [0, 0.05) is 39.1 Å². The summed E-state index contributed by atoms with van der Waals surface area (Å²) in [6, 6.07) is 6.00. The third kappa shape index (κ3) is 3.44. The highest BCUT2D eigenvalue weighted by atomic mass is 16.1. The molecule has 0 aromatic carbocycles. The van der Waals surface area contributed by atoms with Gasteiger partial charge in [-0.1, -0.05) is 6.07 Å². The van der Waals surface area contributed by atoms with Gasteiger partial charge in [0.2, 0.25) is 0 Å². The summed E-state index contributed by atoms with van der Waals surface area (Å²) in [5.74, 6) is 1.53. The van der Waals surface area contributed by atoms with Crippen LogP contribution in [0.2, 0.25) is 0 Å². The molecule has 1 aliphatic heterocycles. The second-order valence-corrected chi connectivity index (χ2v) is 5.73. The van der Waals surface area contributed by atoms with E-state index in [9.17, 15) is 4.79 Å². The zero-order valence-electron chi connectivity index (χ0n) is 12.8. The van der Waals surface area contributed by atoms with Gasteiger partial charge in [0.15, 0.2) is 0 Å². The van der Waals surface area contributed by atoms with Gasteiger partial charge in [-0.2, -0.15) is 5.10 Å². The van der Waals surface area contributed by atoms with E-state index in [1.165, 1.54) is 0 Å². The molecule has 6 nitrogen and oxygen atoms in total. The first-order chi connectivity index (χ1) is 10.7. The molecule has 3 rings (SSSR count). The second-order valence-electron chi connectivity index (χ2n) is 5.73. The predicted molar refractivity (Wildman–Crippen MR) is 84.7 cm³/mol. The number of rotatable bonds is 4. The molecular weight excluding hydrogens is 278 g/mol. The van der Waals surface area contributed by atoms with Gasteiger partial charge in [-0.05, 0) is 30.9 Å². The van der Waals surface area contributed by atoms with Crippen molar-refractivity contribution < 1.29 is 4.79 Å². The van der Waals surface area contributed by atoms with Crippen LogP contribution >= 0.6 is 0 Å². The molecule has 1 N–H and O–H groups in total. The van der Waals surface area contributed by atoms with E-state index < -0.39 is 0 Å². The molecule has 3 heterocycles. The fraction of sp³-hybridized carbons (Fsp3) is 0.438. The lowest BCUT2D eigenvalue weighted by molar-refractivity contribution is 0.0945. The minimum absolute atomic E-state index is 0.0414. The largest absolute Gasteiger partial charge is 0.357 e. The van der Waals surface area contributed by atoms with Crippen LogP contribution in [0.15, 0.2) is 36.8 Å². The van der Waals surface area contributed by atoms with Crippen molar-refractivity contribution in [2.45, 2.75) is 12.8 Å². The van der Waals surface area contributed by atoms with E-state index in [1.807, 2.05) is 31.4 Å². The molecule has 6 heteroatoms. The molecule has 0 bridgehead atoms. The van der Waals surface area contributed by atoms with Crippen molar-refractivity contribution >= 4 is 11.7 Å². The zero-order chi connectivity index (χ0) is 15.4. The quantitative estimate of drug-likeness (QED) is 0.928. The van der Waals surface area contributed by atoms with Crippen molar-refractivity contribution in [2.24, 2.45) is 13.0 Å². The van der Waals surface area contributed by atoms with Crippen LogP contribution in [-0.4, -0.2) is 40.3 Å². The van der Waals surface area contributed by atoms with Crippen molar-refractivity contribution in [1.29, 1.82) is 0 Å². The van der Waals surface area contributed by atoms with E-state index in [-0.39, 0.29) is 5.91 Å². The van der Waals surface area contributed by atoms with Gasteiger partial charge in [0.25, 0.3) is 5.91 Å². The molecular formula is C16H21N5O. The summed E-state index contributed by atoms with van der Waals surface area (Å²) in [6.07, 6.45) is 7.31. The van der Waals surface area contributed by atoms with Crippen LogP contribution in [0.1, 0.15) is 23.2 Å². The average molecular weight is 299 g/mol. The number of amides is 1. The van der Waals surface area contributed by atoms with E-state index in [2.05, 4.69) is 20.3 Å². The number of aromatic nitrogens is 3. The van der Waals surface area contributed by atoms with E-state index >= 15 is 0 Å². The Hall–Kier alpha value is -2.37. The highest BCUT2D eigenvalue weighted by Crippen LogP contribution is 2.20. The van der Waals surface area contributed by atoms with Gasteiger partial charge >= 0.3 is 0 Å². The van der Waals surface area contributed by atoms with Crippen molar-refractivity contribution in [3.8, 4) is 0 Å². The number of piperidine rings is 1. The molecule has 1 saturated heterocycles. The smallest absolute Gasteiger partial charge is 0.254 e. The number of nitrogens with one attached hydrogen (secondary N) is 1. The van der Waals surface area contributed by atoms with E-state index in [4.69, 9.17) is 0 Å². The number of nitrogens with zero attached hydrogens (tertiary/aromatic N) is 4. The zero-order valence-corrected chi connectivity index (χ0v) is 12.8. The van der Waals surface area contributed by atoms with Crippen LogP contribution in [0.4, 0.5) is 5.82 Å². The average Bonchev–Trinajstić information content (AvgIpc) is 3.00. The Morgan fingerprint density at radius 3 is 2.82 bits per heavy atom. The third-order valence-corrected chi connectivity index (χ3v) is 4.11. The minimum atomic E-state index is -0.0414. The summed E-state index contributed by atoms with van der Waals surface area (Å²) in [6.45, 7) is 2.71. The molecule has 1 aliphatic rings. The second kappa shape index (κ2) is 6.60. The molecule has 0 aliphatic carbocycles. The number of carbonyl (C=O) groups excluding carboxylic acids is 1. The number of hydrogen-bond donors (Lipinski definition) is 1. The van der Waals surface area contributed by atoms with Gasteiger partial charge in [0.1, 0.15) is 5.82 Å². The first-order valence-corrected chi connectivity index (χ1v) is 7.65. The Morgan fingerprint density at radius 2 is 2.18 bits per heavy atom. The van der Waals surface area contributed by atoms with Gasteiger partial charge in [-0.25, -0.2) is 4.98 Å². The van der Waals surface area contributed by atoms with Gasteiger partial charge < -0.3 is 10.2 Å². The monoisotopic (exact) mass is 299 g/mol. The predicted octanol–water partition coefficient (Wildman–Crippen LogP) is 1.46. The SMILES string of the molecule is Cn1cc(C(=O)NCC2CCN(c3ccccn3)CC2)cn1. The van der Waals surface area contributed by atoms with Gasteiger partial charge in [0.05, 0.1) is 11.8 Å². The van der Waals surface area contributed by atoms with Crippen molar-refractivity contribution in [1.82, 2.24) is 20.1 Å². The van der Waals surface area contributed by atoms with Crippen LogP contribution in [-0.2, 0) is 7.05 Å². The molecule has 0 radical (unpaired) electrons. The first kappa shape index (κ1) is 14.6. The fourth-order valence-electron chi connectivity index (χ4n) is 2.78. The van der Waals surface area contributed by atoms with Crippen LogP contribution < -0.4 is 10.2 Å². The summed E-state index contributed by atoms with van der Waals surface area (Å²) in [5, 5.41) is 7.03. The van der Waals surface area contributed by atoms with Crippen LogP contribution in [0.25, 0.3) is 0 Å². The number of carbonyl (C=O) groups is 1. The number of anilines is 1. The normalized spacial score (nSPS) is 15.8.